The highest BCUT2D eigenvalue weighted by molar-refractivity contribution is 5.88. The Labute approximate surface area is 147 Å². The molecule has 1 saturated carbocycles. The van der Waals surface area contributed by atoms with Crippen molar-refractivity contribution in [3.63, 3.8) is 0 Å². The van der Waals surface area contributed by atoms with Gasteiger partial charge in [-0.25, -0.2) is 9.97 Å². The van der Waals surface area contributed by atoms with E-state index in [4.69, 9.17) is 5.73 Å². The Balaban J connectivity index is 1.47. The maximum atomic E-state index is 12.9. The number of hydrogen-bond acceptors (Lipinski definition) is 6. The number of nitrogens with zero attached hydrogens (tertiary/aromatic N) is 6. The summed E-state index contributed by atoms with van der Waals surface area (Å²) in [5.41, 5.74) is 6.60. The molecule has 8 nitrogen and oxygen atoms in total. The summed E-state index contributed by atoms with van der Waals surface area (Å²) in [5, 5.41) is 5.22. The molecule has 1 aliphatic carbocycles. The summed E-state index contributed by atoms with van der Waals surface area (Å²) < 4.78 is 1.75. The molecule has 25 heavy (non-hydrogen) atoms. The van der Waals surface area contributed by atoms with Crippen LogP contribution in [0.5, 0.6) is 0 Å². The SMILES string of the molecule is Cn1ncc2c(N3CCN(C(=O)C4(N)CCCCC4)CC3)ncnc21. The largest absolute Gasteiger partial charge is 0.352 e. The lowest BCUT2D eigenvalue weighted by Gasteiger charge is -2.41. The van der Waals surface area contributed by atoms with Crippen LogP contribution in [0.3, 0.4) is 0 Å². The topological polar surface area (TPSA) is 93.2 Å². The molecule has 0 radical (unpaired) electrons. The van der Waals surface area contributed by atoms with Crippen LogP contribution in [0.25, 0.3) is 11.0 Å². The molecule has 3 heterocycles. The highest BCUT2D eigenvalue weighted by atomic mass is 16.2. The predicted molar refractivity (Wildman–Crippen MR) is 95.1 cm³/mol. The molecule has 8 heteroatoms. The average molecular weight is 343 g/mol. The molecule has 2 aromatic heterocycles. The van der Waals surface area contributed by atoms with Crippen molar-refractivity contribution in [3.05, 3.63) is 12.5 Å². The third-order valence-corrected chi connectivity index (χ3v) is 5.55. The Morgan fingerprint density at radius 2 is 1.84 bits per heavy atom. The summed E-state index contributed by atoms with van der Waals surface area (Å²) in [6.07, 6.45) is 8.31. The molecule has 2 aromatic rings. The Hall–Kier alpha value is -2.22. The van der Waals surface area contributed by atoms with Gasteiger partial charge in [-0.3, -0.25) is 9.48 Å². The normalized spacial score (nSPS) is 20.9. The van der Waals surface area contributed by atoms with Gasteiger partial charge in [0.2, 0.25) is 5.91 Å². The van der Waals surface area contributed by atoms with E-state index >= 15 is 0 Å². The van der Waals surface area contributed by atoms with Crippen molar-refractivity contribution in [3.8, 4) is 0 Å². The van der Waals surface area contributed by atoms with Gasteiger partial charge in [0.25, 0.3) is 0 Å². The number of carbonyl (C=O) groups is 1. The van der Waals surface area contributed by atoms with Crippen LogP contribution < -0.4 is 10.6 Å². The summed E-state index contributed by atoms with van der Waals surface area (Å²) in [4.78, 5) is 25.8. The lowest BCUT2D eigenvalue weighted by molar-refractivity contribution is -0.138. The summed E-state index contributed by atoms with van der Waals surface area (Å²) in [7, 11) is 1.88. The maximum absolute atomic E-state index is 12.9. The van der Waals surface area contributed by atoms with Gasteiger partial charge in [0.15, 0.2) is 5.65 Å². The number of carbonyl (C=O) groups excluding carboxylic acids is 1. The zero-order chi connectivity index (χ0) is 17.4. The molecule has 2 aliphatic rings. The van der Waals surface area contributed by atoms with Gasteiger partial charge in [-0.05, 0) is 12.8 Å². The van der Waals surface area contributed by atoms with E-state index in [1.807, 2.05) is 11.9 Å². The van der Waals surface area contributed by atoms with E-state index in [0.29, 0.717) is 13.1 Å². The maximum Gasteiger partial charge on any atom is 0.242 e. The smallest absolute Gasteiger partial charge is 0.242 e. The summed E-state index contributed by atoms with van der Waals surface area (Å²) >= 11 is 0. The Morgan fingerprint density at radius 1 is 1.12 bits per heavy atom. The summed E-state index contributed by atoms with van der Waals surface area (Å²) in [5.74, 6) is 1.02. The number of piperazine rings is 1. The lowest BCUT2D eigenvalue weighted by atomic mass is 9.81. The van der Waals surface area contributed by atoms with Gasteiger partial charge in [-0.15, -0.1) is 0 Å². The number of aromatic nitrogens is 4. The summed E-state index contributed by atoms with van der Waals surface area (Å²) in [6.45, 7) is 2.87. The molecule has 2 N–H and O–H groups in total. The van der Waals surface area contributed by atoms with Crippen molar-refractivity contribution in [2.24, 2.45) is 12.8 Å². The van der Waals surface area contributed by atoms with E-state index in [0.717, 1.165) is 55.6 Å². The minimum atomic E-state index is -0.647. The molecule has 0 atom stereocenters. The van der Waals surface area contributed by atoms with E-state index in [1.165, 1.54) is 6.42 Å². The van der Waals surface area contributed by atoms with Gasteiger partial charge in [0.1, 0.15) is 12.1 Å². The van der Waals surface area contributed by atoms with Crippen LogP contribution in [0.1, 0.15) is 32.1 Å². The van der Waals surface area contributed by atoms with Crippen LogP contribution in [0.4, 0.5) is 5.82 Å². The predicted octanol–water partition coefficient (Wildman–Crippen LogP) is 0.673. The molecule has 1 saturated heterocycles. The Morgan fingerprint density at radius 3 is 2.56 bits per heavy atom. The van der Waals surface area contributed by atoms with E-state index in [-0.39, 0.29) is 5.91 Å². The van der Waals surface area contributed by atoms with Crippen molar-refractivity contribution < 1.29 is 4.79 Å². The highest BCUT2D eigenvalue weighted by Gasteiger charge is 2.39. The van der Waals surface area contributed by atoms with Gasteiger partial charge in [-0.1, -0.05) is 19.3 Å². The summed E-state index contributed by atoms with van der Waals surface area (Å²) in [6, 6.07) is 0. The number of anilines is 1. The molecule has 0 unspecified atom stereocenters. The molecular formula is C17H25N7O. The number of fused-ring (bicyclic) bond motifs is 1. The zero-order valence-electron chi connectivity index (χ0n) is 14.7. The fraction of sp³-hybridized carbons (Fsp3) is 0.647. The van der Waals surface area contributed by atoms with E-state index < -0.39 is 5.54 Å². The first-order chi connectivity index (χ1) is 12.1. The van der Waals surface area contributed by atoms with Crippen LogP contribution in [0.2, 0.25) is 0 Å². The van der Waals surface area contributed by atoms with Crippen molar-refractivity contribution in [1.82, 2.24) is 24.6 Å². The third kappa shape index (κ3) is 2.84. The van der Waals surface area contributed by atoms with Crippen LogP contribution in [-0.4, -0.2) is 62.3 Å². The standard InChI is InChI=1S/C17H25N7O/c1-22-14-13(11-21-22)15(20-12-19-14)23-7-9-24(10-8-23)16(25)17(18)5-3-2-4-6-17/h11-12H,2-10,18H2,1H3. The van der Waals surface area contributed by atoms with Crippen molar-refractivity contribution in [1.29, 1.82) is 0 Å². The number of hydrogen-bond donors (Lipinski definition) is 1. The van der Waals surface area contributed by atoms with Gasteiger partial charge in [-0.2, -0.15) is 5.10 Å². The second kappa shape index (κ2) is 6.25. The highest BCUT2D eigenvalue weighted by Crippen LogP contribution is 2.29. The number of aryl methyl sites for hydroxylation is 1. The molecule has 0 aromatic carbocycles. The monoisotopic (exact) mass is 343 g/mol. The Bertz CT molecular complexity index is 772. The van der Waals surface area contributed by atoms with Crippen molar-refractivity contribution in [2.45, 2.75) is 37.6 Å². The number of nitrogens with two attached hydrogens (primary N) is 1. The van der Waals surface area contributed by atoms with Crippen LogP contribution in [0.15, 0.2) is 12.5 Å². The van der Waals surface area contributed by atoms with Gasteiger partial charge in [0.05, 0.1) is 17.1 Å². The second-order valence-corrected chi connectivity index (χ2v) is 7.20. The molecule has 0 spiro atoms. The van der Waals surface area contributed by atoms with Crippen LogP contribution in [-0.2, 0) is 11.8 Å². The first kappa shape index (κ1) is 16.3. The van der Waals surface area contributed by atoms with Crippen molar-refractivity contribution in [2.75, 3.05) is 31.1 Å². The van der Waals surface area contributed by atoms with Gasteiger partial charge >= 0.3 is 0 Å². The van der Waals surface area contributed by atoms with Gasteiger partial charge in [0, 0.05) is 33.2 Å². The van der Waals surface area contributed by atoms with E-state index in [9.17, 15) is 4.79 Å². The second-order valence-electron chi connectivity index (χ2n) is 7.20. The minimum Gasteiger partial charge on any atom is -0.352 e. The van der Waals surface area contributed by atoms with E-state index in [2.05, 4.69) is 20.0 Å². The van der Waals surface area contributed by atoms with E-state index in [1.54, 1.807) is 17.2 Å². The molecule has 134 valence electrons. The molecule has 2 fully saturated rings. The molecular weight excluding hydrogens is 318 g/mol. The molecule has 4 rings (SSSR count). The van der Waals surface area contributed by atoms with Crippen molar-refractivity contribution >= 4 is 22.8 Å². The quantitative estimate of drug-likeness (QED) is 0.862. The fourth-order valence-electron chi connectivity index (χ4n) is 4.03. The van der Waals surface area contributed by atoms with Gasteiger partial charge < -0.3 is 15.5 Å². The first-order valence-corrected chi connectivity index (χ1v) is 9.04. The molecule has 1 amide bonds. The first-order valence-electron chi connectivity index (χ1n) is 9.04. The van der Waals surface area contributed by atoms with Crippen LogP contribution >= 0.6 is 0 Å². The third-order valence-electron chi connectivity index (χ3n) is 5.55. The average Bonchev–Trinajstić information content (AvgIpc) is 3.03. The van der Waals surface area contributed by atoms with Crippen LogP contribution in [0, 0.1) is 0 Å². The number of rotatable bonds is 2. The fourth-order valence-corrected chi connectivity index (χ4v) is 4.03. The molecule has 1 aliphatic heterocycles. The Kier molecular flexibility index (Phi) is 4.07. The minimum absolute atomic E-state index is 0.126. The molecule has 0 bridgehead atoms. The zero-order valence-corrected chi connectivity index (χ0v) is 14.7. The lowest BCUT2D eigenvalue weighted by Crippen LogP contribution is -2.60. The number of amides is 1.